The Morgan fingerprint density at radius 3 is 2.32 bits per heavy atom. The molecule has 2 aromatic rings. The highest BCUT2D eigenvalue weighted by Gasteiger charge is 2.36. The highest BCUT2D eigenvalue weighted by molar-refractivity contribution is 5.68. The van der Waals surface area contributed by atoms with Crippen LogP contribution in [0.25, 0.3) is 11.4 Å². The van der Waals surface area contributed by atoms with E-state index in [2.05, 4.69) is 15.3 Å². The van der Waals surface area contributed by atoms with Crippen LogP contribution in [0.5, 0.6) is 0 Å². The summed E-state index contributed by atoms with van der Waals surface area (Å²) in [6.07, 6.45) is -4.81. The molecule has 6 nitrogen and oxygen atoms in total. The number of aliphatic hydroxyl groups is 1. The van der Waals surface area contributed by atoms with Crippen LogP contribution in [-0.2, 0) is 17.3 Å². The van der Waals surface area contributed by atoms with Gasteiger partial charge in [-0.2, -0.15) is 13.2 Å². The Bertz CT molecular complexity index is 809. The predicted molar refractivity (Wildman–Crippen MR) is 97.7 cm³/mol. The average Bonchev–Trinajstić information content (AvgIpc) is 2.95. The monoisotopic (exact) mass is 399 g/mol. The molecule has 0 radical (unpaired) electrons. The number of alkyl halides is 3. The summed E-state index contributed by atoms with van der Waals surface area (Å²) in [7, 11) is 0. The van der Waals surface area contributed by atoms with Crippen molar-refractivity contribution in [2.45, 2.75) is 51.9 Å². The largest absolute Gasteiger partial charge is 0.444 e. The molecule has 0 aliphatic rings. The first-order chi connectivity index (χ1) is 12.9. The summed E-state index contributed by atoms with van der Waals surface area (Å²) < 4.78 is 43.8. The Hall–Kier alpha value is -2.55. The quantitative estimate of drug-likeness (QED) is 0.713. The van der Waals surface area contributed by atoms with E-state index >= 15 is 0 Å². The molecule has 0 unspecified atom stereocenters. The van der Waals surface area contributed by atoms with Gasteiger partial charge in [0.15, 0.2) is 5.69 Å². The van der Waals surface area contributed by atoms with E-state index in [1.54, 1.807) is 45.0 Å². The number of carbonyl (C=O) groups is 1. The van der Waals surface area contributed by atoms with Gasteiger partial charge in [0.1, 0.15) is 11.4 Å². The zero-order chi connectivity index (χ0) is 21.1. The fourth-order valence-electron chi connectivity index (χ4n) is 2.59. The first kappa shape index (κ1) is 21.7. The number of benzene rings is 1. The lowest BCUT2D eigenvalue weighted by Gasteiger charge is -2.22. The van der Waals surface area contributed by atoms with Crippen molar-refractivity contribution in [3.63, 3.8) is 0 Å². The van der Waals surface area contributed by atoms with E-state index in [0.29, 0.717) is 12.0 Å². The van der Waals surface area contributed by atoms with Gasteiger partial charge in [-0.25, -0.2) is 9.78 Å². The second-order valence-electron chi connectivity index (χ2n) is 7.48. The van der Waals surface area contributed by atoms with Crippen molar-refractivity contribution in [1.29, 1.82) is 0 Å². The van der Waals surface area contributed by atoms with Gasteiger partial charge in [0.25, 0.3) is 0 Å². The van der Waals surface area contributed by atoms with Gasteiger partial charge >= 0.3 is 12.3 Å². The van der Waals surface area contributed by atoms with Crippen LogP contribution in [0.3, 0.4) is 0 Å². The van der Waals surface area contributed by atoms with Crippen LogP contribution in [0.2, 0.25) is 0 Å². The highest BCUT2D eigenvalue weighted by Crippen LogP contribution is 2.32. The van der Waals surface area contributed by atoms with Crippen molar-refractivity contribution >= 4 is 6.09 Å². The lowest BCUT2D eigenvalue weighted by atomic mass is 10.0. The number of halogens is 3. The molecule has 0 fully saturated rings. The fourth-order valence-corrected chi connectivity index (χ4v) is 2.59. The van der Waals surface area contributed by atoms with E-state index in [1.165, 1.54) is 6.92 Å². The maximum absolute atomic E-state index is 12.9. The number of imidazole rings is 1. The van der Waals surface area contributed by atoms with Crippen molar-refractivity contribution in [3.05, 3.63) is 41.2 Å². The Balaban J connectivity index is 2.07. The summed E-state index contributed by atoms with van der Waals surface area (Å²) in [4.78, 5) is 18.1. The van der Waals surface area contributed by atoms with E-state index < -0.39 is 29.6 Å². The number of hydrogen-bond donors (Lipinski definition) is 3. The number of aliphatic hydroxyl groups excluding tert-OH is 1. The fraction of sp³-hybridized carbons (Fsp3) is 0.474. The van der Waals surface area contributed by atoms with Crippen LogP contribution in [-0.4, -0.2) is 39.4 Å². The van der Waals surface area contributed by atoms with E-state index in [0.717, 1.165) is 5.56 Å². The smallest absolute Gasteiger partial charge is 0.435 e. The molecule has 1 aromatic heterocycles. The van der Waals surface area contributed by atoms with E-state index in [9.17, 15) is 23.1 Å². The van der Waals surface area contributed by atoms with Crippen molar-refractivity contribution in [2.24, 2.45) is 0 Å². The minimum Gasteiger partial charge on any atom is -0.444 e. The molecule has 0 aliphatic heterocycles. The number of aromatic nitrogens is 2. The van der Waals surface area contributed by atoms with Crippen molar-refractivity contribution in [2.75, 3.05) is 6.61 Å². The number of amides is 1. The lowest BCUT2D eigenvalue weighted by molar-refractivity contribution is -0.141. The van der Waals surface area contributed by atoms with Gasteiger partial charge < -0.3 is 20.1 Å². The van der Waals surface area contributed by atoms with Crippen LogP contribution in [0, 0.1) is 6.92 Å². The molecule has 0 saturated heterocycles. The number of nitrogens with one attached hydrogen (secondary N) is 2. The summed E-state index contributed by atoms with van der Waals surface area (Å²) in [6.45, 7) is 6.24. The van der Waals surface area contributed by atoms with Crippen molar-refractivity contribution in [3.8, 4) is 11.4 Å². The van der Waals surface area contributed by atoms with Crippen LogP contribution in [0.1, 0.15) is 37.7 Å². The van der Waals surface area contributed by atoms with Crippen molar-refractivity contribution < 1.29 is 27.8 Å². The normalized spacial score (nSPS) is 13.3. The molecule has 1 atom stereocenters. The van der Waals surface area contributed by atoms with E-state index in [4.69, 9.17) is 4.74 Å². The Labute approximate surface area is 161 Å². The summed E-state index contributed by atoms with van der Waals surface area (Å²) in [5, 5.41) is 12.1. The molecule has 1 amide bonds. The number of aryl methyl sites for hydroxylation is 1. The Morgan fingerprint density at radius 1 is 1.25 bits per heavy atom. The molecule has 0 bridgehead atoms. The molecular formula is C19H24F3N3O3. The van der Waals surface area contributed by atoms with Gasteiger partial charge in [0, 0.05) is 11.3 Å². The second-order valence-corrected chi connectivity index (χ2v) is 7.48. The lowest BCUT2D eigenvalue weighted by Crippen LogP contribution is -2.42. The second kappa shape index (κ2) is 8.22. The van der Waals surface area contributed by atoms with E-state index in [1.807, 2.05) is 0 Å². The molecule has 9 heteroatoms. The molecule has 28 heavy (non-hydrogen) atoms. The third kappa shape index (κ3) is 5.98. The topological polar surface area (TPSA) is 87.2 Å². The first-order valence-corrected chi connectivity index (χ1v) is 8.72. The van der Waals surface area contributed by atoms with Crippen LogP contribution < -0.4 is 5.32 Å². The summed E-state index contributed by atoms with van der Waals surface area (Å²) in [6, 6.07) is 6.13. The zero-order valence-corrected chi connectivity index (χ0v) is 16.1. The summed E-state index contributed by atoms with van der Waals surface area (Å²) >= 11 is 0. The van der Waals surface area contributed by atoms with Gasteiger partial charge in [0.2, 0.25) is 0 Å². The van der Waals surface area contributed by atoms with Gasteiger partial charge in [-0.05, 0) is 39.7 Å². The van der Waals surface area contributed by atoms with Crippen LogP contribution >= 0.6 is 0 Å². The molecule has 3 N–H and O–H groups in total. The molecule has 0 saturated carbocycles. The molecule has 0 aliphatic carbocycles. The number of hydrogen-bond acceptors (Lipinski definition) is 4. The number of rotatable bonds is 5. The Kier molecular flexibility index (Phi) is 6.38. The minimum absolute atomic E-state index is 0.0477. The third-order valence-electron chi connectivity index (χ3n) is 3.80. The van der Waals surface area contributed by atoms with Gasteiger partial charge in [0.05, 0.1) is 12.6 Å². The SMILES string of the molecule is Cc1[nH]c(-c2ccc(C[C@@H](CO)NC(=O)OC(C)(C)C)cc2)nc1C(F)(F)F. The highest BCUT2D eigenvalue weighted by atomic mass is 19.4. The standard InChI is InChI=1S/C19H24F3N3O3/c1-11-15(19(20,21)22)25-16(23-11)13-7-5-12(6-8-13)9-14(10-26)24-17(27)28-18(2,3)4/h5-8,14,26H,9-10H2,1-4H3,(H,23,25)(H,24,27)/t14-/m0/s1. The molecule has 2 rings (SSSR count). The number of H-pyrrole nitrogens is 1. The van der Waals surface area contributed by atoms with Gasteiger partial charge in [-0.15, -0.1) is 0 Å². The number of nitrogens with zero attached hydrogens (tertiary/aromatic N) is 1. The Morgan fingerprint density at radius 2 is 1.86 bits per heavy atom. The van der Waals surface area contributed by atoms with Crippen LogP contribution in [0.15, 0.2) is 24.3 Å². The maximum Gasteiger partial charge on any atom is 0.435 e. The average molecular weight is 399 g/mol. The van der Waals surface area contributed by atoms with Gasteiger partial charge in [-0.3, -0.25) is 0 Å². The summed E-state index contributed by atoms with van der Waals surface area (Å²) in [5.41, 5.74) is -0.342. The minimum atomic E-state index is -4.51. The molecule has 1 aromatic carbocycles. The third-order valence-corrected chi connectivity index (χ3v) is 3.80. The number of carbonyl (C=O) groups excluding carboxylic acids is 1. The summed E-state index contributed by atoms with van der Waals surface area (Å²) in [5.74, 6) is 0.127. The maximum atomic E-state index is 12.9. The van der Waals surface area contributed by atoms with Gasteiger partial charge in [-0.1, -0.05) is 24.3 Å². The molecule has 0 spiro atoms. The number of alkyl carbamates (subject to hydrolysis) is 1. The molecular weight excluding hydrogens is 375 g/mol. The van der Waals surface area contributed by atoms with Crippen LogP contribution in [0.4, 0.5) is 18.0 Å². The van der Waals surface area contributed by atoms with E-state index in [-0.39, 0.29) is 18.1 Å². The molecule has 154 valence electrons. The predicted octanol–water partition coefficient (Wildman–Crippen LogP) is 3.83. The number of ether oxygens (including phenoxy) is 1. The van der Waals surface area contributed by atoms with Crippen molar-refractivity contribution in [1.82, 2.24) is 15.3 Å². The molecule has 1 heterocycles. The number of aromatic amines is 1. The zero-order valence-electron chi connectivity index (χ0n) is 16.1. The first-order valence-electron chi connectivity index (χ1n) is 8.72.